The van der Waals surface area contributed by atoms with E-state index in [-0.39, 0.29) is 0 Å². The highest BCUT2D eigenvalue weighted by molar-refractivity contribution is 7.15. The molecule has 2 N–H and O–H groups in total. The lowest BCUT2D eigenvalue weighted by molar-refractivity contribution is 0.261. The zero-order valence-electron chi connectivity index (χ0n) is 20.2. The summed E-state index contributed by atoms with van der Waals surface area (Å²) in [4.78, 5) is 22.0. The number of likely N-dealkylation sites (N-methyl/N-ethyl adjacent to an activating group) is 1. The topological polar surface area (TPSA) is 95.6 Å². The van der Waals surface area contributed by atoms with E-state index in [1.165, 1.54) is 9.75 Å². The summed E-state index contributed by atoms with van der Waals surface area (Å²) < 4.78 is 5.86. The summed E-state index contributed by atoms with van der Waals surface area (Å²) in [5.41, 5.74) is 6.30. The Hall–Kier alpha value is -4.08. The van der Waals surface area contributed by atoms with Crippen molar-refractivity contribution in [1.82, 2.24) is 35.0 Å². The molecular formula is C27H25N7OS. The van der Waals surface area contributed by atoms with Gasteiger partial charge in [-0.05, 0) is 51.4 Å². The lowest BCUT2D eigenvalue weighted by Crippen LogP contribution is -2.19. The van der Waals surface area contributed by atoms with Gasteiger partial charge in [-0.2, -0.15) is 5.10 Å². The molecule has 0 spiro atoms. The van der Waals surface area contributed by atoms with Crippen LogP contribution in [0.3, 0.4) is 0 Å². The maximum absolute atomic E-state index is 5.86. The van der Waals surface area contributed by atoms with Gasteiger partial charge in [0.05, 0.1) is 34.6 Å². The van der Waals surface area contributed by atoms with Crippen LogP contribution in [0.25, 0.3) is 55.2 Å². The summed E-state index contributed by atoms with van der Waals surface area (Å²) in [6.45, 7) is 3.54. The van der Waals surface area contributed by atoms with E-state index < -0.39 is 0 Å². The van der Waals surface area contributed by atoms with Crippen molar-refractivity contribution in [1.29, 1.82) is 0 Å². The maximum Gasteiger partial charge on any atom is 0.159 e. The molecular weight excluding hydrogens is 470 g/mol. The molecule has 0 aliphatic heterocycles. The third kappa shape index (κ3) is 4.23. The highest BCUT2D eigenvalue weighted by atomic mass is 32.1. The monoisotopic (exact) mass is 495 g/mol. The third-order valence-corrected chi connectivity index (χ3v) is 7.04. The number of H-pyrrole nitrogens is 2. The molecule has 6 aromatic rings. The van der Waals surface area contributed by atoms with Gasteiger partial charge in [0.25, 0.3) is 0 Å². The second-order valence-electron chi connectivity index (χ2n) is 8.95. The van der Waals surface area contributed by atoms with Crippen LogP contribution in [0.1, 0.15) is 4.88 Å². The van der Waals surface area contributed by atoms with Gasteiger partial charge in [0.15, 0.2) is 5.82 Å². The number of imidazole rings is 1. The first-order chi connectivity index (χ1) is 17.5. The van der Waals surface area contributed by atoms with Crippen LogP contribution in [0, 0.1) is 6.92 Å². The molecule has 5 aromatic heterocycles. The number of nitrogens with zero attached hydrogens (tertiary/aromatic N) is 5. The van der Waals surface area contributed by atoms with Crippen molar-refractivity contribution in [2.75, 3.05) is 27.2 Å². The molecule has 0 bridgehead atoms. The fourth-order valence-corrected chi connectivity index (χ4v) is 5.06. The molecule has 0 fully saturated rings. The van der Waals surface area contributed by atoms with E-state index in [4.69, 9.17) is 9.72 Å². The predicted molar refractivity (Wildman–Crippen MR) is 144 cm³/mol. The average Bonchev–Trinajstić information content (AvgIpc) is 3.61. The molecule has 0 saturated carbocycles. The van der Waals surface area contributed by atoms with Gasteiger partial charge in [0, 0.05) is 39.0 Å². The zero-order chi connectivity index (χ0) is 24.6. The molecule has 6 rings (SSSR count). The number of aromatic nitrogens is 6. The highest BCUT2D eigenvalue weighted by Crippen LogP contribution is 2.35. The van der Waals surface area contributed by atoms with Crippen LogP contribution in [-0.2, 0) is 0 Å². The number of rotatable bonds is 7. The number of aryl methyl sites for hydroxylation is 1. The number of ether oxygens (including phenoxy) is 1. The third-order valence-electron chi connectivity index (χ3n) is 6.01. The minimum atomic E-state index is 0.593. The van der Waals surface area contributed by atoms with E-state index in [1.807, 2.05) is 32.3 Å². The number of fused-ring (bicyclic) bond motifs is 2. The fourth-order valence-electron chi connectivity index (χ4n) is 4.16. The molecule has 5 heterocycles. The van der Waals surface area contributed by atoms with Gasteiger partial charge < -0.3 is 14.6 Å². The normalized spacial score (nSPS) is 11.7. The average molecular weight is 496 g/mol. The highest BCUT2D eigenvalue weighted by Gasteiger charge is 2.17. The van der Waals surface area contributed by atoms with Crippen molar-refractivity contribution in [3.05, 3.63) is 65.9 Å². The molecule has 0 unspecified atom stereocenters. The van der Waals surface area contributed by atoms with Gasteiger partial charge in [0.2, 0.25) is 0 Å². The molecule has 0 radical (unpaired) electrons. The van der Waals surface area contributed by atoms with Crippen LogP contribution in [-0.4, -0.2) is 62.3 Å². The Kier molecular flexibility index (Phi) is 5.71. The number of thiophene rings is 1. The maximum atomic E-state index is 5.86. The molecule has 8 nitrogen and oxygen atoms in total. The van der Waals surface area contributed by atoms with Gasteiger partial charge in [0.1, 0.15) is 18.1 Å². The fraction of sp³-hybridized carbons (Fsp3) is 0.185. The van der Waals surface area contributed by atoms with Crippen molar-refractivity contribution < 1.29 is 4.74 Å². The predicted octanol–water partition coefficient (Wildman–Crippen LogP) is 5.54. The van der Waals surface area contributed by atoms with Crippen molar-refractivity contribution >= 4 is 33.3 Å². The van der Waals surface area contributed by atoms with Crippen LogP contribution < -0.4 is 4.74 Å². The lowest BCUT2D eigenvalue weighted by atomic mass is 10.1. The van der Waals surface area contributed by atoms with E-state index in [0.717, 1.165) is 56.7 Å². The summed E-state index contributed by atoms with van der Waals surface area (Å²) in [5.74, 6) is 1.44. The Morgan fingerprint density at radius 1 is 1.03 bits per heavy atom. The van der Waals surface area contributed by atoms with Crippen molar-refractivity contribution in [3.63, 3.8) is 0 Å². The first-order valence-corrected chi connectivity index (χ1v) is 12.5. The quantitative estimate of drug-likeness (QED) is 0.302. The molecule has 0 saturated heterocycles. The van der Waals surface area contributed by atoms with E-state index in [9.17, 15) is 0 Å². The summed E-state index contributed by atoms with van der Waals surface area (Å²) in [6.07, 6.45) is 5.31. The largest absolute Gasteiger partial charge is 0.491 e. The van der Waals surface area contributed by atoms with E-state index in [2.05, 4.69) is 61.2 Å². The minimum absolute atomic E-state index is 0.593. The molecule has 0 amide bonds. The number of nitrogens with one attached hydrogen (secondary N) is 2. The molecule has 36 heavy (non-hydrogen) atoms. The number of hydrogen-bond acceptors (Lipinski definition) is 7. The number of aromatic amines is 2. The first-order valence-electron chi connectivity index (χ1n) is 11.7. The SMILES string of the molecule is Cc1ccc(-c2cccc3[nH]c(-c4n[nH]c5cnc(-c6cncc(OCCN(C)C)c6)cc45)nc23)s1. The van der Waals surface area contributed by atoms with E-state index in [1.54, 1.807) is 29.9 Å². The lowest BCUT2D eigenvalue weighted by Gasteiger charge is -2.11. The van der Waals surface area contributed by atoms with Gasteiger partial charge in [-0.1, -0.05) is 12.1 Å². The molecule has 0 atom stereocenters. The Morgan fingerprint density at radius 2 is 1.94 bits per heavy atom. The molecule has 9 heteroatoms. The van der Waals surface area contributed by atoms with Crippen LogP contribution in [0.15, 0.2) is 61.1 Å². The van der Waals surface area contributed by atoms with Crippen LogP contribution in [0.4, 0.5) is 0 Å². The Bertz CT molecular complexity index is 1680. The summed E-state index contributed by atoms with van der Waals surface area (Å²) in [7, 11) is 4.04. The number of para-hydroxylation sites is 1. The van der Waals surface area contributed by atoms with Crippen molar-refractivity contribution in [2.45, 2.75) is 6.92 Å². The van der Waals surface area contributed by atoms with Gasteiger partial charge in [-0.3, -0.25) is 15.1 Å². The van der Waals surface area contributed by atoms with Crippen LogP contribution >= 0.6 is 11.3 Å². The summed E-state index contributed by atoms with van der Waals surface area (Å²) in [5, 5.41) is 8.61. The van der Waals surface area contributed by atoms with Crippen LogP contribution in [0.2, 0.25) is 0 Å². The molecule has 0 aliphatic rings. The van der Waals surface area contributed by atoms with E-state index >= 15 is 0 Å². The van der Waals surface area contributed by atoms with E-state index in [0.29, 0.717) is 12.4 Å². The van der Waals surface area contributed by atoms with Crippen molar-refractivity contribution in [3.8, 4) is 39.0 Å². The molecule has 0 aliphatic carbocycles. The smallest absolute Gasteiger partial charge is 0.159 e. The van der Waals surface area contributed by atoms with Gasteiger partial charge >= 0.3 is 0 Å². The minimum Gasteiger partial charge on any atom is -0.491 e. The van der Waals surface area contributed by atoms with Gasteiger partial charge in [-0.25, -0.2) is 4.98 Å². The molecule has 180 valence electrons. The Balaban J connectivity index is 1.37. The zero-order valence-corrected chi connectivity index (χ0v) is 21.1. The summed E-state index contributed by atoms with van der Waals surface area (Å²) >= 11 is 1.77. The second kappa shape index (κ2) is 9.18. The first kappa shape index (κ1) is 22.4. The Labute approximate surface area is 212 Å². The standard InChI is InChI=1S/C27H25N7OS/c1-16-7-8-24(36-16)19-5-4-6-21-25(19)31-27(30-21)26-20-12-22(29-15-23(20)32-33-26)17-11-18(14-28-13-17)35-10-9-34(2)3/h4-8,11-15H,9-10H2,1-3H3,(H,30,31)(H,32,33). The summed E-state index contributed by atoms with van der Waals surface area (Å²) in [6, 6.07) is 14.5. The van der Waals surface area contributed by atoms with Crippen LogP contribution in [0.5, 0.6) is 5.75 Å². The number of hydrogen-bond donors (Lipinski definition) is 2. The van der Waals surface area contributed by atoms with Crippen molar-refractivity contribution in [2.24, 2.45) is 0 Å². The molecule has 1 aromatic carbocycles. The second-order valence-corrected chi connectivity index (χ2v) is 10.2. The Morgan fingerprint density at radius 3 is 2.78 bits per heavy atom. The number of benzene rings is 1. The number of pyridine rings is 2. The van der Waals surface area contributed by atoms with Gasteiger partial charge in [-0.15, -0.1) is 11.3 Å².